The van der Waals surface area contributed by atoms with E-state index in [2.05, 4.69) is 0 Å². The van der Waals surface area contributed by atoms with Gasteiger partial charge >= 0.3 is 11.9 Å². The van der Waals surface area contributed by atoms with E-state index in [4.69, 9.17) is 19.7 Å². The summed E-state index contributed by atoms with van der Waals surface area (Å²) in [7, 11) is 1.52. The zero-order valence-electron chi connectivity index (χ0n) is 8.86. The maximum absolute atomic E-state index is 10.7. The third-order valence-electron chi connectivity index (χ3n) is 2.12. The first-order valence-electron chi connectivity index (χ1n) is 4.48. The number of ether oxygens (including phenoxy) is 2. The van der Waals surface area contributed by atoms with E-state index in [9.17, 15) is 9.59 Å². The largest absolute Gasteiger partial charge is 0.480 e. The Kier molecular flexibility index (Phi) is 5.88. The monoisotopic (exact) mass is 220 g/mol. The van der Waals surface area contributed by atoms with E-state index in [1.807, 2.05) is 0 Å². The van der Waals surface area contributed by atoms with Crippen LogP contribution in [0.5, 0.6) is 0 Å². The summed E-state index contributed by atoms with van der Waals surface area (Å²) in [6, 6.07) is 0. The Labute approximate surface area is 87.8 Å². The molecule has 0 aromatic rings. The average Bonchev–Trinajstić information content (AvgIpc) is 2.16. The van der Waals surface area contributed by atoms with E-state index in [1.54, 1.807) is 0 Å². The highest BCUT2D eigenvalue weighted by atomic mass is 16.5. The predicted octanol–water partition coefficient (Wildman–Crippen LogP) is 0.215. The fraction of sp³-hybridized carbons (Fsp3) is 0.778. The molecule has 0 fully saturated rings. The zero-order valence-corrected chi connectivity index (χ0v) is 8.86. The smallest absolute Gasteiger partial charge is 0.320 e. The van der Waals surface area contributed by atoms with Crippen molar-refractivity contribution >= 4 is 11.9 Å². The van der Waals surface area contributed by atoms with Crippen molar-refractivity contribution in [1.29, 1.82) is 0 Å². The standard InChI is InChI=1S/C9H16O6/c1-9(7(10)11,8(12)13)3-4-15-6-5-14-2/h3-6H2,1-2H3,(H,10,11)(H,12,13). The van der Waals surface area contributed by atoms with Gasteiger partial charge in [0, 0.05) is 13.7 Å². The van der Waals surface area contributed by atoms with Gasteiger partial charge in [-0.15, -0.1) is 0 Å². The summed E-state index contributed by atoms with van der Waals surface area (Å²) < 4.78 is 9.73. The first-order chi connectivity index (χ1) is 6.95. The molecule has 0 aromatic carbocycles. The summed E-state index contributed by atoms with van der Waals surface area (Å²) in [5.74, 6) is -2.71. The first-order valence-corrected chi connectivity index (χ1v) is 4.48. The minimum Gasteiger partial charge on any atom is -0.480 e. The van der Waals surface area contributed by atoms with Crippen LogP contribution in [0, 0.1) is 5.41 Å². The first kappa shape index (κ1) is 13.9. The minimum atomic E-state index is -1.78. The van der Waals surface area contributed by atoms with Gasteiger partial charge in [0.1, 0.15) is 0 Å². The third-order valence-corrected chi connectivity index (χ3v) is 2.12. The maximum Gasteiger partial charge on any atom is 0.320 e. The minimum absolute atomic E-state index is 0.0681. The molecule has 15 heavy (non-hydrogen) atoms. The topological polar surface area (TPSA) is 93.1 Å². The fourth-order valence-corrected chi connectivity index (χ4v) is 0.826. The fourth-order valence-electron chi connectivity index (χ4n) is 0.826. The van der Waals surface area contributed by atoms with E-state index in [1.165, 1.54) is 7.11 Å². The summed E-state index contributed by atoms with van der Waals surface area (Å²) in [6.45, 7) is 1.97. The van der Waals surface area contributed by atoms with Crippen LogP contribution in [0.15, 0.2) is 0 Å². The summed E-state index contributed by atoms with van der Waals surface area (Å²) in [6.07, 6.45) is -0.0681. The molecule has 0 saturated carbocycles. The summed E-state index contributed by atoms with van der Waals surface area (Å²) >= 11 is 0. The molecule has 0 saturated heterocycles. The molecule has 0 atom stereocenters. The van der Waals surface area contributed by atoms with E-state index < -0.39 is 17.4 Å². The van der Waals surface area contributed by atoms with Gasteiger partial charge in [-0.25, -0.2) is 0 Å². The molecule has 0 spiro atoms. The van der Waals surface area contributed by atoms with Crippen molar-refractivity contribution in [2.75, 3.05) is 26.9 Å². The second-order valence-electron chi connectivity index (χ2n) is 3.30. The number of aliphatic carboxylic acids is 2. The number of hydrogen-bond acceptors (Lipinski definition) is 4. The Balaban J connectivity index is 3.99. The van der Waals surface area contributed by atoms with Crippen molar-refractivity contribution in [2.45, 2.75) is 13.3 Å². The molecule has 0 aliphatic rings. The Morgan fingerprint density at radius 3 is 2.07 bits per heavy atom. The van der Waals surface area contributed by atoms with Crippen LogP contribution in [-0.4, -0.2) is 49.1 Å². The molecule has 0 aliphatic carbocycles. The molecule has 0 amide bonds. The molecule has 0 radical (unpaired) electrons. The SMILES string of the molecule is COCCOCCC(C)(C(=O)O)C(=O)O. The van der Waals surface area contributed by atoms with E-state index in [-0.39, 0.29) is 13.0 Å². The van der Waals surface area contributed by atoms with Gasteiger partial charge in [-0.1, -0.05) is 0 Å². The van der Waals surface area contributed by atoms with Crippen LogP contribution >= 0.6 is 0 Å². The van der Waals surface area contributed by atoms with Gasteiger partial charge in [0.15, 0.2) is 5.41 Å². The highest BCUT2D eigenvalue weighted by Gasteiger charge is 2.41. The molecular formula is C9H16O6. The van der Waals surface area contributed by atoms with Crippen LogP contribution in [-0.2, 0) is 19.1 Å². The van der Waals surface area contributed by atoms with Gasteiger partial charge < -0.3 is 19.7 Å². The van der Waals surface area contributed by atoms with Crippen molar-refractivity contribution < 1.29 is 29.3 Å². The van der Waals surface area contributed by atoms with Crippen LogP contribution < -0.4 is 0 Å². The molecule has 2 N–H and O–H groups in total. The Morgan fingerprint density at radius 1 is 1.13 bits per heavy atom. The quantitative estimate of drug-likeness (QED) is 0.449. The van der Waals surface area contributed by atoms with E-state index in [0.29, 0.717) is 13.2 Å². The third kappa shape index (κ3) is 4.26. The Bertz CT molecular complexity index is 211. The lowest BCUT2D eigenvalue weighted by atomic mass is 9.87. The summed E-state index contributed by atoms with van der Waals surface area (Å²) in [5, 5.41) is 17.5. The van der Waals surface area contributed by atoms with Gasteiger partial charge in [-0.2, -0.15) is 0 Å². The normalized spacial score (nSPS) is 11.3. The van der Waals surface area contributed by atoms with Crippen molar-refractivity contribution in [3.05, 3.63) is 0 Å². The number of carboxylic acid groups (broad SMARTS) is 2. The number of carboxylic acids is 2. The maximum atomic E-state index is 10.7. The number of rotatable bonds is 8. The van der Waals surface area contributed by atoms with Gasteiger partial charge in [-0.3, -0.25) is 9.59 Å². The van der Waals surface area contributed by atoms with Crippen molar-refractivity contribution in [3.63, 3.8) is 0 Å². The molecule has 88 valence electrons. The van der Waals surface area contributed by atoms with Gasteiger partial charge in [-0.05, 0) is 13.3 Å². The van der Waals surface area contributed by atoms with Crippen LogP contribution in [0.1, 0.15) is 13.3 Å². The molecule has 0 heterocycles. The van der Waals surface area contributed by atoms with Crippen LogP contribution in [0.3, 0.4) is 0 Å². The van der Waals surface area contributed by atoms with Crippen molar-refractivity contribution in [3.8, 4) is 0 Å². The lowest BCUT2D eigenvalue weighted by Gasteiger charge is -2.19. The highest BCUT2D eigenvalue weighted by Crippen LogP contribution is 2.21. The second-order valence-corrected chi connectivity index (χ2v) is 3.30. The molecular weight excluding hydrogens is 204 g/mol. The second kappa shape index (κ2) is 6.36. The molecule has 6 heteroatoms. The molecule has 0 rings (SSSR count). The van der Waals surface area contributed by atoms with Crippen molar-refractivity contribution in [2.24, 2.45) is 5.41 Å². The molecule has 0 aliphatic heterocycles. The molecule has 0 bridgehead atoms. The summed E-state index contributed by atoms with van der Waals surface area (Å²) in [5.41, 5.74) is -1.78. The van der Waals surface area contributed by atoms with Crippen LogP contribution in [0.25, 0.3) is 0 Å². The average molecular weight is 220 g/mol. The number of methoxy groups -OCH3 is 1. The van der Waals surface area contributed by atoms with Gasteiger partial charge in [0.2, 0.25) is 0 Å². The van der Waals surface area contributed by atoms with Gasteiger partial charge in [0.05, 0.1) is 13.2 Å². The molecule has 6 nitrogen and oxygen atoms in total. The Morgan fingerprint density at radius 2 is 1.67 bits per heavy atom. The number of carbonyl (C=O) groups is 2. The van der Waals surface area contributed by atoms with Crippen molar-refractivity contribution in [1.82, 2.24) is 0 Å². The Hall–Kier alpha value is -1.14. The zero-order chi connectivity index (χ0) is 11.9. The lowest BCUT2D eigenvalue weighted by Crippen LogP contribution is -2.37. The van der Waals surface area contributed by atoms with E-state index in [0.717, 1.165) is 6.92 Å². The van der Waals surface area contributed by atoms with E-state index >= 15 is 0 Å². The molecule has 0 unspecified atom stereocenters. The van der Waals surface area contributed by atoms with Crippen LogP contribution in [0.2, 0.25) is 0 Å². The highest BCUT2D eigenvalue weighted by molar-refractivity contribution is 5.97. The van der Waals surface area contributed by atoms with Gasteiger partial charge in [0.25, 0.3) is 0 Å². The molecule has 0 aromatic heterocycles. The van der Waals surface area contributed by atoms with Crippen LogP contribution in [0.4, 0.5) is 0 Å². The number of hydrogen-bond donors (Lipinski definition) is 2. The predicted molar refractivity (Wildman–Crippen MR) is 50.7 cm³/mol. The summed E-state index contributed by atoms with van der Waals surface area (Å²) in [4.78, 5) is 21.4. The lowest BCUT2D eigenvalue weighted by molar-refractivity contribution is -0.164.